The average molecular weight is 500 g/mol. The Morgan fingerprint density at radius 1 is 1.30 bits per heavy atom. The Morgan fingerprint density at radius 3 is 2.70 bits per heavy atom. The highest BCUT2D eigenvalue weighted by Gasteiger charge is 2.45. The number of hydrogen-bond donors (Lipinski definition) is 2. The molecule has 1 amide bonds. The van der Waals surface area contributed by atoms with Crippen LogP contribution < -0.4 is 10.6 Å². The maximum absolute atomic E-state index is 11.7. The number of halogens is 1. The van der Waals surface area contributed by atoms with Gasteiger partial charge in [0, 0.05) is 54.7 Å². The Bertz CT molecular complexity index is 694. The fourth-order valence-electron chi connectivity index (χ4n) is 4.19. The van der Waals surface area contributed by atoms with Gasteiger partial charge >= 0.3 is 0 Å². The van der Waals surface area contributed by atoms with Crippen LogP contribution in [0.25, 0.3) is 0 Å². The topological polar surface area (TPSA) is 56.7 Å². The smallest absolute Gasteiger partial charge is 0.220 e. The van der Waals surface area contributed by atoms with E-state index < -0.39 is 0 Å². The van der Waals surface area contributed by atoms with Gasteiger partial charge < -0.3 is 15.5 Å². The third-order valence-electron chi connectivity index (χ3n) is 5.82. The van der Waals surface area contributed by atoms with Crippen LogP contribution in [0.1, 0.15) is 32.1 Å². The normalized spacial score (nSPS) is 26.5. The summed E-state index contributed by atoms with van der Waals surface area (Å²) < 4.78 is 0.301. The van der Waals surface area contributed by atoms with Gasteiger partial charge in [0.25, 0.3) is 0 Å². The number of thioether (sulfide) groups is 1. The number of rotatable bonds is 4. The molecular formula is C20H29IN4OS. The summed E-state index contributed by atoms with van der Waals surface area (Å²) in [6.45, 7) is 3.70. The Kier molecular flexibility index (Phi) is 6.61. The average Bonchev–Trinajstić information content (AvgIpc) is 3.32. The lowest BCUT2D eigenvalue weighted by atomic mass is 9.79. The summed E-state index contributed by atoms with van der Waals surface area (Å²) in [6.07, 6.45) is 5.42. The highest BCUT2D eigenvalue weighted by atomic mass is 127. The van der Waals surface area contributed by atoms with E-state index in [2.05, 4.69) is 50.9 Å². The molecule has 1 aromatic carbocycles. The van der Waals surface area contributed by atoms with Gasteiger partial charge in [-0.05, 0) is 37.8 Å². The maximum Gasteiger partial charge on any atom is 0.220 e. The van der Waals surface area contributed by atoms with Crippen LogP contribution >= 0.6 is 35.7 Å². The molecule has 148 valence electrons. The number of nitrogens with one attached hydrogen (secondary N) is 2. The second-order valence-corrected chi connectivity index (χ2v) is 9.52. The molecule has 1 aromatic rings. The maximum atomic E-state index is 11.7. The van der Waals surface area contributed by atoms with E-state index in [0.29, 0.717) is 11.2 Å². The summed E-state index contributed by atoms with van der Waals surface area (Å²) in [5.41, 5.74) is 0.100. The molecule has 1 atom stereocenters. The number of likely N-dealkylation sites (tertiary alicyclic amines) is 1. The van der Waals surface area contributed by atoms with Crippen molar-refractivity contribution in [2.45, 2.75) is 41.7 Å². The van der Waals surface area contributed by atoms with E-state index in [1.165, 1.54) is 17.7 Å². The fraction of sp³-hybridized carbons (Fsp3) is 0.600. The molecule has 0 radical (unpaired) electrons. The van der Waals surface area contributed by atoms with E-state index in [0.717, 1.165) is 45.0 Å². The molecule has 1 spiro atoms. The minimum Gasteiger partial charge on any atom is -0.355 e. The van der Waals surface area contributed by atoms with Gasteiger partial charge in [-0.3, -0.25) is 9.79 Å². The molecule has 0 aromatic heterocycles. The molecule has 2 N–H and O–H groups in total. The zero-order valence-electron chi connectivity index (χ0n) is 15.9. The second kappa shape index (κ2) is 8.59. The minimum atomic E-state index is 0. The molecule has 7 heteroatoms. The van der Waals surface area contributed by atoms with E-state index in [-0.39, 0.29) is 35.3 Å². The molecule has 1 aliphatic carbocycles. The number of piperidine rings is 1. The number of hydrogen-bond acceptors (Lipinski definition) is 3. The van der Waals surface area contributed by atoms with Crippen molar-refractivity contribution in [3.8, 4) is 0 Å². The number of amides is 1. The van der Waals surface area contributed by atoms with Gasteiger partial charge in [0.05, 0.1) is 0 Å². The molecule has 1 unspecified atom stereocenters. The molecule has 2 heterocycles. The quantitative estimate of drug-likeness (QED) is 0.379. The van der Waals surface area contributed by atoms with E-state index in [9.17, 15) is 4.79 Å². The predicted octanol–water partition coefficient (Wildman–Crippen LogP) is 3.11. The van der Waals surface area contributed by atoms with E-state index >= 15 is 0 Å². The number of carbonyl (C=O) groups is 1. The zero-order chi connectivity index (χ0) is 18.0. The van der Waals surface area contributed by atoms with Crippen molar-refractivity contribution >= 4 is 47.6 Å². The van der Waals surface area contributed by atoms with Crippen LogP contribution in [0.5, 0.6) is 0 Å². The second-order valence-electron chi connectivity index (χ2n) is 7.98. The molecule has 27 heavy (non-hydrogen) atoms. The molecular weight excluding hydrogens is 471 g/mol. The molecule has 0 bridgehead atoms. The first-order valence-electron chi connectivity index (χ1n) is 9.59. The van der Waals surface area contributed by atoms with Crippen LogP contribution in [-0.2, 0) is 4.79 Å². The van der Waals surface area contributed by atoms with Crippen molar-refractivity contribution in [3.05, 3.63) is 30.3 Å². The molecule has 2 saturated heterocycles. The van der Waals surface area contributed by atoms with Gasteiger partial charge in [-0.2, -0.15) is 0 Å². The summed E-state index contributed by atoms with van der Waals surface area (Å²) in [5.74, 6) is 1.19. The van der Waals surface area contributed by atoms with Gasteiger partial charge in [0.2, 0.25) is 5.91 Å². The summed E-state index contributed by atoms with van der Waals surface area (Å²) >= 11 is 1.98. The number of carbonyl (C=O) groups excluding carboxylic acids is 1. The van der Waals surface area contributed by atoms with Gasteiger partial charge in [-0.25, -0.2) is 0 Å². The third-order valence-corrected chi connectivity index (χ3v) is 7.32. The van der Waals surface area contributed by atoms with Crippen LogP contribution in [0.15, 0.2) is 40.2 Å². The highest BCUT2D eigenvalue weighted by molar-refractivity contribution is 14.0. The summed E-state index contributed by atoms with van der Waals surface area (Å²) in [4.78, 5) is 20.0. The lowest BCUT2D eigenvalue weighted by molar-refractivity contribution is -0.119. The first-order chi connectivity index (χ1) is 12.6. The minimum absolute atomic E-state index is 0. The Balaban J connectivity index is 0.00000210. The standard InChI is InChI=1S/C20H28N4OS.HI/c1-21-18(24-11-5-8-19(15-24)12-17(25)22-13-19)23-14-20(9-10-20)26-16-6-3-2-4-7-16;/h2-4,6-7H,5,8-15H2,1H3,(H,21,23)(H,22,25);1H. The van der Waals surface area contributed by atoms with Crippen molar-refractivity contribution in [1.29, 1.82) is 0 Å². The first-order valence-corrected chi connectivity index (χ1v) is 10.4. The van der Waals surface area contributed by atoms with Crippen molar-refractivity contribution < 1.29 is 4.79 Å². The van der Waals surface area contributed by atoms with Crippen molar-refractivity contribution in [1.82, 2.24) is 15.5 Å². The fourth-order valence-corrected chi connectivity index (χ4v) is 5.44. The van der Waals surface area contributed by atoms with Gasteiger partial charge in [0.15, 0.2) is 5.96 Å². The van der Waals surface area contributed by atoms with Crippen LogP contribution in [0, 0.1) is 5.41 Å². The molecule has 3 aliphatic rings. The number of aliphatic imine (C=N–C) groups is 1. The van der Waals surface area contributed by atoms with Crippen LogP contribution in [0.2, 0.25) is 0 Å². The lowest BCUT2D eigenvalue weighted by Gasteiger charge is -2.41. The summed E-state index contributed by atoms with van der Waals surface area (Å²) in [7, 11) is 1.87. The zero-order valence-corrected chi connectivity index (χ0v) is 19.0. The number of benzene rings is 1. The number of guanidine groups is 1. The van der Waals surface area contributed by atoms with Gasteiger partial charge in [-0.1, -0.05) is 18.2 Å². The van der Waals surface area contributed by atoms with Crippen molar-refractivity contribution in [2.24, 2.45) is 10.4 Å². The van der Waals surface area contributed by atoms with Crippen LogP contribution in [0.3, 0.4) is 0 Å². The Labute approximate surface area is 183 Å². The molecule has 2 aliphatic heterocycles. The number of nitrogens with zero attached hydrogens (tertiary/aromatic N) is 2. The summed E-state index contributed by atoms with van der Waals surface area (Å²) in [6, 6.07) is 10.7. The van der Waals surface area contributed by atoms with E-state index in [1.54, 1.807) is 0 Å². The van der Waals surface area contributed by atoms with Crippen molar-refractivity contribution in [2.75, 3.05) is 33.2 Å². The van der Waals surface area contributed by atoms with Crippen molar-refractivity contribution in [3.63, 3.8) is 0 Å². The molecule has 1 saturated carbocycles. The highest BCUT2D eigenvalue weighted by Crippen LogP contribution is 2.51. The lowest BCUT2D eigenvalue weighted by Crippen LogP contribution is -2.52. The Morgan fingerprint density at radius 2 is 2.07 bits per heavy atom. The van der Waals surface area contributed by atoms with Crippen LogP contribution in [0.4, 0.5) is 0 Å². The van der Waals surface area contributed by atoms with Crippen LogP contribution in [-0.4, -0.2) is 54.7 Å². The predicted molar refractivity (Wildman–Crippen MR) is 122 cm³/mol. The largest absolute Gasteiger partial charge is 0.355 e. The molecule has 4 rings (SSSR count). The monoisotopic (exact) mass is 500 g/mol. The first kappa shape index (κ1) is 20.8. The third kappa shape index (κ3) is 4.91. The van der Waals surface area contributed by atoms with Gasteiger partial charge in [-0.15, -0.1) is 35.7 Å². The van der Waals surface area contributed by atoms with Gasteiger partial charge in [0.1, 0.15) is 0 Å². The molecule has 3 fully saturated rings. The SMILES string of the molecule is CN=C(NCC1(Sc2ccccc2)CC1)N1CCCC2(CNC(=O)C2)C1.I. The Hall–Kier alpha value is -0.960. The van der Waals surface area contributed by atoms with E-state index in [4.69, 9.17) is 0 Å². The molecule has 5 nitrogen and oxygen atoms in total. The summed E-state index contributed by atoms with van der Waals surface area (Å²) in [5, 5.41) is 6.65. The van der Waals surface area contributed by atoms with E-state index in [1.807, 2.05) is 18.8 Å².